The van der Waals surface area contributed by atoms with Crippen LogP contribution in [-0.4, -0.2) is 33.8 Å². The van der Waals surface area contributed by atoms with Gasteiger partial charge in [-0.3, -0.25) is 0 Å². The van der Waals surface area contributed by atoms with Crippen molar-refractivity contribution < 1.29 is 26.9 Å². The van der Waals surface area contributed by atoms with Crippen LogP contribution in [0.4, 0.5) is 4.39 Å². The molecule has 1 aromatic carbocycles. The molecule has 0 bridgehead atoms. The summed E-state index contributed by atoms with van der Waals surface area (Å²) in [6.45, 7) is 7.33. The Bertz CT molecular complexity index is 689. The van der Waals surface area contributed by atoms with Gasteiger partial charge in [-0.2, -0.15) is 0 Å². The van der Waals surface area contributed by atoms with Gasteiger partial charge in [0.25, 0.3) is 9.05 Å². The Hall–Kier alpha value is -0.825. The molecule has 0 atom stereocenters. The summed E-state index contributed by atoms with van der Waals surface area (Å²) in [7, 11) is 1.46. The normalized spacial score (nSPS) is 20.2. The predicted octanol–water partition coefficient (Wildman–Crippen LogP) is 2.06. The van der Waals surface area contributed by atoms with E-state index >= 15 is 0 Å². The molecule has 0 amide bonds. The summed E-state index contributed by atoms with van der Waals surface area (Å²) < 4.78 is 53.7. The van der Waals surface area contributed by atoms with E-state index in [2.05, 4.69) is 0 Å². The molecule has 0 N–H and O–H groups in total. The SMILES string of the molecule is COc1cc(B2OC(C)(C)C(C)(C)O2)c(F)cc1S(=O)(=O)Cl. The maximum absolute atomic E-state index is 14.3. The molecule has 122 valence electrons. The first kappa shape index (κ1) is 17.5. The molecule has 5 nitrogen and oxygen atoms in total. The molecule has 2 rings (SSSR count). The van der Waals surface area contributed by atoms with Crippen molar-refractivity contribution in [3.05, 3.63) is 17.9 Å². The van der Waals surface area contributed by atoms with Gasteiger partial charge in [0.05, 0.1) is 18.3 Å². The lowest BCUT2D eigenvalue weighted by atomic mass is 9.78. The maximum Gasteiger partial charge on any atom is 0.497 e. The van der Waals surface area contributed by atoms with Crippen LogP contribution in [0.5, 0.6) is 5.75 Å². The smallest absolute Gasteiger partial charge is 0.495 e. The molecular weight excluding hydrogens is 333 g/mol. The standard InChI is InChI=1S/C13H17BClFO5S/c1-12(2)13(3,4)21-14(20-12)8-6-10(19-5)11(7-9(8)16)22(15,17)18/h6-7H,1-5H3. The van der Waals surface area contributed by atoms with Gasteiger partial charge in [-0.15, -0.1) is 0 Å². The van der Waals surface area contributed by atoms with Crippen molar-refractivity contribution in [2.75, 3.05) is 7.11 Å². The van der Waals surface area contributed by atoms with Crippen LogP contribution in [-0.2, 0) is 18.4 Å². The Morgan fingerprint density at radius 1 is 1.18 bits per heavy atom. The van der Waals surface area contributed by atoms with E-state index in [-0.39, 0.29) is 11.2 Å². The van der Waals surface area contributed by atoms with E-state index in [1.54, 1.807) is 0 Å². The van der Waals surface area contributed by atoms with E-state index < -0.39 is 38.1 Å². The second kappa shape index (κ2) is 5.37. The highest BCUT2D eigenvalue weighted by atomic mass is 35.7. The van der Waals surface area contributed by atoms with E-state index in [0.29, 0.717) is 0 Å². The van der Waals surface area contributed by atoms with Crippen LogP contribution < -0.4 is 10.2 Å². The predicted molar refractivity (Wildman–Crippen MR) is 81.7 cm³/mol. The number of methoxy groups -OCH3 is 1. The summed E-state index contributed by atoms with van der Waals surface area (Å²) in [5.41, 5.74) is -1.23. The van der Waals surface area contributed by atoms with Gasteiger partial charge < -0.3 is 14.0 Å². The molecule has 0 aliphatic carbocycles. The number of halogens is 2. The fourth-order valence-corrected chi connectivity index (χ4v) is 3.04. The number of ether oxygens (including phenoxy) is 1. The molecule has 0 radical (unpaired) electrons. The maximum atomic E-state index is 14.3. The van der Waals surface area contributed by atoms with Crippen molar-refractivity contribution >= 4 is 32.3 Å². The van der Waals surface area contributed by atoms with Crippen molar-refractivity contribution in [2.45, 2.75) is 43.8 Å². The third kappa shape index (κ3) is 2.97. The van der Waals surface area contributed by atoms with Crippen LogP contribution in [0.25, 0.3) is 0 Å². The largest absolute Gasteiger partial charge is 0.497 e. The lowest BCUT2D eigenvalue weighted by molar-refractivity contribution is 0.00578. The first-order valence-corrected chi connectivity index (χ1v) is 8.88. The van der Waals surface area contributed by atoms with Crippen molar-refractivity contribution in [2.24, 2.45) is 0 Å². The van der Waals surface area contributed by atoms with Gasteiger partial charge in [-0.05, 0) is 39.8 Å². The topological polar surface area (TPSA) is 61.8 Å². The van der Waals surface area contributed by atoms with Crippen molar-refractivity contribution in [3.63, 3.8) is 0 Å². The van der Waals surface area contributed by atoms with E-state index in [1.807, 2.05) is 27.7 Å². The van der Waals surface area contributed by atoms with E-state index in [4.69, 9.17) is 24.7 Å². The van der Waals surface area contributed by atoms with Gasteiger partial charge in [-0.25, -0.2) is 12.8 Å². The monoisotopic (exact) mass is 350 g/mol. The molecule has 1 aliphatic rings. The average molecular weight is 351 g/mol. The van der Waals surface area contributed by atoms with E-state index in [1.165, 1.54) is 13.2 Å². The fraction of sp³-hybridized carbons (Fsp3) is 0.538. The minimum Gasteiger partial charge on any atom is -0.495 e. The van der Waals surface area contributed by atoms with Crippen LogP contribution in [0.2, 0.25) is 0 Å². The minimum absolute atomic E-state index is 0.0552. The fourth-order valence-electron chi connectivity index (χ4n) is 2.05. The second-order valence-corrected chi connectivity index (χ2v) is 8.59. The third-order valence-electron chi connectivity index (χ3n) is 4.05. The minimum atomic E-state index is -4.13. The van der Waals surface area contributed by atoms with Crippen LogP contribution >= 0.6 is 10.7 Å². The molecule has 22 heavy (non-hydrogen) atoms. The highest BCUT2D eigenvalue weighted by Crippen LogP contribution is 2.37. The van der Waals surface area contributed by atoms with Crippen LogP contribution in [0.15, 0.2) is 17.0 Å². The molecule has 1 aromatic rings. The van der Waals surface area contributed by atoms with Crippen LogP contribution in [0.1, 0.15) is 27.7 Å². The highest BCUT2D eigenvalue weighted by Gasteiger charge is 2.52. The number of rotatable bonds is 3. The molecule has 1 aliphatic heterocycles. The summed E-state index contributed by atoms with van der Waals surface area (Å²) in [5.74, 6) is -0.861. The highest BCUT2D eigenvalue weighted by molar-refractivity contribution is 8.13. The van der Waals surface area contributed by atoms with Gasteiger partial charge in [0.15, 0.2) is 0 Å². The first-order valence-electron chi connectivity index (χ1n) is 6.57. The Morgan fingerprint density at radius 2 is 1.68 bits per heavy atom. The van der Waals surface area contributed by atoms with Crippen LogP contribution in [0.3, 0.4) is 0 Å². The quantitative estimate of drug-likeness (QED) is 0.617. The second-order valence-electron chi connectivity index (χ2n) is 6.05. The Labute approximate surface area is 134 Å². The summed E-state index contributed by atoms with van der Waals surface area (Å²) >= 11 is 0. The summed E-state index contributed by atoms with van der Waals surface area (Å²) in [4.78, 5) is -0.436. The average Bonchev–Trinajstić information content (AvgIpc) is 2.56. The summed E-state index contributed by atoms with van der Waals surface area (Å²) in [6, 6.07) is 2.04. The molecule has 0 saturated carbocycles. The van der Waals surface area contributed by atoms with Crippen molar-refractivity contribution in [1.29, 1.82) is 0 Å². The van der Waals surface area contributed by atoms with Gasteiger partial charge in [-0.1, -0.05) is 0 Å². The molecule has 0 aromatic heterocycles. The number of hydrogen-bond acceptors (Lipinski definition) is 5. The van der Waals surface area contributed by atoms with Gasteiger partial charge in [0, 0.05) is 16.1 Å². The molecule has 0 spiro atoms. The van der Waals surface area contributed by atoms with Gasteiger partial charge in [0.2, 0.25) is 0 Å². The lowest BCUT2D eigenvalue weighted by Crippen LogP contribution is -2.41. The van der Waals surface area contributed by atoms with E-state index in [0.717, 1.165) is 6.07 Å². The molecule has 0 unspecified atom stereocenters. The zero-order valence-electron chi connectivity index (χ0n) is 12.9. The number of benzene rings is 1. The Morgan fingerprint density at radius 3 is 2.09 bits per heavy atom. The first-order chi connectivity index (χ1) is 9.89. The summed E-state index contributed by atoms with van der Waals surface area (Å²) in [5, 5.41) is 0. The molecule has 9 heteroatoms. The molecule has 1 fully saturated rings. The number of hydrogen-bond donors (Lipinski definition) is 0. The zero-order chi connectivity index (χ0) is 16.9. The third-order valence-corrected chi connectivity index (χ3v) is 5.40. The molecule has 1 heterocycles. The van der Waals surface area contributed by atoms with E-state index in [9.17, 15) is 12.8 Å². The lowest BCUT2D eigenvalue weighted by Gasteiger charge is -2.32. The Balaban J connectivity index is 2.51. The van der Waals surface area contributed by atoms with Gasteiger partial charge in [0.1, 0.15) is 16.5 Å². The summed E-state index contributed by atoms with van der Waals surface area (Å²) in [6.07, 6.45) is 0. The zero-order valence-corrected chi connectivity index (χ0v) is 14.5. The van der Waals surface area contributed by atoms with Crippen molar-refractivity contribution in [3.8, 4) is 5.75 Å². The molecule has 1 saturated heterocycles. The molecular formula is C13H17BClFO5S. The van der Waals surface area contributed by atoms with Crippen molar-refractivity contribution in [1.82, 2.24) is 0 Å². The van der Waals surface area contributed by atoms with Crippen LogP contribution in [0, 0.1) is 5.82 Å². The Kier molecular flexibility index (Phi) is 4.28. The van der Waals surface area contributed by atoms with Gasteiger partial charge >= 0.3 is 7.12 Å².